The van der Waals surface area contributed by atoms with Crippen LogP contribution in [0, 0.1) is 0 Å². The molecule has 8 heteroatoms. The van der Waals surface area contributed by atoms with Gasteiger partial charge in [0.2, 0.25) is 0 Å². The lowest BCUT2D eigenvalue weighted by Crippen LogP contribution is -2.17. The predicted molar refractivity (Wildman–Crippen MR) is 61.5 cm³/mol. The number of alkyl halides is 3. The van der Waals surface area contributed by atoms with Crippen LogP contribution in [-0.4, -0.2) is 21.1 Å². The molecular formula is C11H11F3N4O. The highest BCUT2D eigenvalue weighted by Gasteiger charge is 2.31. The van der Waals surface area contributed by atoms with Crippen molar-refractivity contribution < 1.29 is 17.9 Å². The number of nitrogens with zero attached hydrogens (tertiary/aromatic N) is 3. The Kier molecular flexibility index (Phi) is 3.59. The van der Waals surface area contributed by atoms with Crippen molar-refractivity contribution in [2.45, 2.75) is 12.9 Å². The molecule has 0 aliphatic carbocycles. The van der Waals surface area contributed by atoms with E-state index in [1.54, 1.807) is 17.9 Å². The van der Waals surface area contributed by atoms with Gasteiger partial charge in [-0.3, -0.25) is 4.68 Å². The standard InChI is InChI=1S/C11H11F3N4O/c1-18-8(4-5-17-18)6-15-10-3-2-9(7-16-10)19-11(12,13)14/h2-5,7H,6H2,1H3,(H,15,16). The van der Waals surface area contributed by atoms with Crippen molar-refractivity contribution in [1.82, 2.24) is 14.8 Å². The molecule has 2 aromatic heterocycles. The van der Waals surface area contributed by atoms with Crippen LogP contribution >= 0.6 is 0 Å². The van der Waals surface area contributed by atoms with Crippen LogP contribution in [0.3, 0.4) is 0 Å². The predicted octanol–water partition coefficient (Wildman–Crippen LogP) is 2.33. The van der Waals surface area contributed by atoms with Gasteiger partial charge in [0.1, 0.15) is 11.6 Å². The van der Waals surface area contributed by atoms with Crippen LogP contribution in [0.15, 0.2) is 30.6 Å². The SMILES string of the molecule is Cn1nccc1CNc1ccc(OC(F)(F)F)cn1. The van der Waals surface area contributed by atoms with Gasteiger partial charge in [-0.1, -0.05) is 0 Å². The van der Waals surface area contributed by atoms with Crippen LogP contribution in [0.2, 0.25) is 0 Å². The molecule has 0 aromatic carbocycles. The van der Waals surface area contributed by atoms with Gasteiger partial charge in [0.05, 0.1) is 18.4 Å². The van der Waals surface area contributed by atoms with E-state index in [1.165, 1.54) is 12.1 Å². The van der Waals surface area contributed by atoms with E-state index in [-0.39, 0.29) is 5.75 Å². The van der Waals surface area contributed by atoms with Crippen LogP contribution in [-0.2, 0) is 13.6 Å². The average molecular weight is 272 g/mol. The third kappa shape index (κ3) is 3.87. The molecule has 0 saturated carbocycles. The van der Waals surface area contributed by atoms with Crippen molar-refractivity contribution in [3.8, 4) is 5.75 Å². The second kappa shape index (κ2) is 5.17. The van der Waals surface area contributed by atoms with Crippen molar-refractivity contribution in [2.24, 2.45) is 7.05 Å². The third-order valence-electron chi connectivity index (χ3n) is 2.34. The smallest absolute Gasteiger partial charge is 0.404 e. The maximum absolute atomic E-state index is 11.9. The summed E-state index contributed by atoms with van der Waals surface area (Å²) in [5.41, 5.74) is 0.928. The maximum atomic E-state index is 11.9. The highest BCUT2D eigenvalue weighted by molar-refractivity contribution is 5.37. The van der Waals surface area contributed by atoms with E-state index in [4.69, 9.17) is 0 Å². The summed E-state index contributed by atoms with van der Waals surface area (Å²) in [6, 6.07) is 4.44. The fraction of sp³-hybridized carbons (Fsp3) is 0.273. The minimum atomic E-state index is -4.70. The Hall–Kier alpha value is -2.25. The molecule has 0 bridgehead atoms. The Balaban J connectivity index is 1.94. The summed E-state index contributed by atoms with van der Waals surface area (Å²) < 4.78 is 41.2. The number of anilines is 1. The lowest BCUT2D eigenvalue weighted by Gasteiger charge is -2.09. The molecule has 0 aliphatic rings. The molecule has 0 spiro atoms. The van der Waals surface area contributed by atoms with Crippen molar-refractivity contribution in [3.05, 3.63) is 36.3 Å². The monoisotopic (exact) mass is 272 g/mol. The fourth-order valence-electron chi connectivity index (χ4n) is 1.43. The minimum Gasteiger partial charge on any atom is -0.404 e. The zero-order valence-electron chi connectivity index (χ0n) is 9.98. The van der Waals surface area contributed by atoms with Crippen LogP contribution in [0.4, 0.5) is 19.0 Å². The van der Waals surface area contributed by atoms with Crippen molar-refractivity contribution in [3.63, 3.8) is 0 Å². The van der Waals surface area contributed by atoms with Crippen molar-refractivity contribution >= 4 is 5.82 Å². The molecule has 19 heavy (non-hydrogen) atoms. The molecule has 0 atom stereocenters. The first-order chi connectivity index (χ1) is 8.94. The Bertz CT molecular complexity index is 536. The average Bonchev–Trinajstić information content (AvgIpc) is 2.72. The van der Waals surface area contributed by atoms with Gasteiger partial charge in [-0.15, -0.1) is 13.2 Å². The number of nitrogens with one attached hydrogen (secondary N) is 1. The van der Waals surface area contributed by atoms with Gasteiger partial charge < -0.3 is 10.1 Å². The summed E-state index contributed by atoms with van der Waals surface area (Å²) in [6.07, 6.45) is -2.03. The largest absolute Gasteiger partial charge is 0.573 e. The number of hydrogen-bond acceptors (Lipinski definition) is 4. The van der Waals surface area contributed by atoms with E-state index >= 15 is 0 Å². The van der Waals surface area contributed by atoms with E-state index < -0.39 is 6.36 Å². The molecule has 102 valence electrons. The lowest BCUT2D eigenvalue weighted by molar-refractivity contribution is -0.274. The first-order valence-electron chi connectivity index (χ1n) is 5.36. The zero-order chi connectivity index (χ0) is 13.9. The summed E-state index contributed by atoms with van der Waals surface area (Å²) in [5, 5.41) is 6.96. The zero-order valence-corrected chi connectivity index (χ0v) is 9.98. The van der Waals surface area contributed by atoms with Crippen molar-refractivity contribution in [1.29, 1.82) is 0 Å². The number of hydrogen-bond donors (Lipinski definition) is 1. The van der Waals surface area contributed by atoms with Gasteiger partial charge in [0.15, 0.2) is 0 Å². The maximum Gasteiger partial charge on any atom is 0.573 e. The molecule has 2 rings (SSSR count). The third-order valence-corrected chi connectivity index (χ3v) is 2.34. The van der Waals surface area contributed by atoms with E-state index in [0.29, 0.717) is 12.4 Å². The van der Waals surface area contributed by atoms with E-state index in [1.807, 2.05) is 6.07 Å². The molecule has 0 saturated heterocycles. The Morgan fingerprint density at radius 2 is 2.11 bits per heavy atom. The second-order valence-corrected chi connectivity index (χ2v) is 3.73. The van der Waals surface area contributed by atoms with Gasteiger partial charge in [-0.25, -0.2) is 4.98 Å². The number of aryl methyl sites for hydroxylation is 1. The normalized spacial score (nSPS) is 11.4. The number of aromatic nitrogens is 3. The van der Waals surface area contributed by atoms with Gasteiger partial charge in [-0.05, 0) is 18.2 Å². The van der Waals surface area contributed by atoms with Gasteiger partial charge in [0, 0.05) is 13.2 Å². The highest BCUT2D eigenvalue weighted by atomic mass is 19.4. The first-order valence-corrected chi connectivity index (χ1v) is 5.36. The summed E-state index contributed by atoms with van der Waals surface area (Å²) in [6.45, 7) is 0.475. The molecule has 2 heterocycles. The Morgan fingerprint density at radius 3 is 2.63 bits per heavy atom. The van der Waals surface area contributed by atoms with Crippen LogP contribution in [0.1, 0.15) is 5.69 Å². The summed E-state index contributed by atoms with van der Waals surface area (Å²) in [4.78, 5) is 3.83. The summed E-state index contributed by atoms with van der Waals surface area (Å²) in [7, 11) is 1.80. The van der Waals surface area contributed by atoms with Gasteiger partial charge in [-0.2, -0.15) is 5.10 Å². The molecule has 0 amide bonds. The Labute approximate surface area is 107 Å². The number of halogens is 3. The molecule has 0 aliphatic heterocycles. The fourth-order valence-corrected chi connectivity index (χ4v) is 1.43. The minimum absolute atomic E-state index is 0.349. The molecule has 2 aromatic rings. The van der Waals surface area contributed by atoms with Gasteiger partial charge in [0.25, 0.3) is 0 Å². The molecule has 1 N–H and O–H groups in total. The number of rotatable bonds is 4. The van der Waals surface area contributed by atoms with Crippen LogP contribution in [0.25, 0.3) is 0 Å². The molecular weight excluding hydrogens is 261 g/mol. The highest BCUT2D eigenvalue weighted by Crippen LogP contribution is 2.22. The first kappa shape index (κ1) is 13.2. The van der Waals surface area contributed by atoms with E-state index in [2.05, 4.69) is 20.1 Å². The topological polar surface area (TPSA) is 52.0 Å². The van der Waals surface area contributed by atoms with E-state index in [0.717, 1.165) is 11.9 Å². The van der Waals surface area contributed by atoms with Crippen LogP contribution in [0.5, 0.6) is 5.75 Å². The Morgan fingerprint density at radius 1 is 1.32 bits per heavy atom. The molecule has 0 fully saturated rings. The number of ether oxygens (including phenoxy) is 1. The number of pyridine rings is 1. The van der Waals surface area contributed by atoms with Crippen molar-refractivity contribution in [2.75, 3.05) is 5.32 Å². The molecule has 5 nitrogen and oxygen atoms in total. The summed E-state index contributed by atoms with van der Waals surface area (Å²) >= 11 is 0. The van der Waals surface area contributed by atoms with Gasteiger partial charge >= 0.3 is 6.36 Å². The quantitative estimate of drug-likeness (QED) is 0.928. The lowest BCUT2D eigenvalue weighted by atomic mass is 10.4. The molecule has 0 radical (unpaired) electrons. The van der Waals surface area contributed by atoms with Crippen LogP contribution < -0.4 is 10.1 Å². The molecule has 0 unspecified atom stereocenters. The second-order valence-electron chi connectivity index (χ2n) is 3.73. The van der Waals surface area contributed by atoms with E-state index in [9.17, 15) is 13.2 Å². The summed E-state index contributed by atoms with van der Waals surface area (Å²) in [5.74, 6) is 0.106.